The Balaban J connectivity index is 0.839. The summed E-state index contributed by atoms with van der Waals surface area (Å²) in [7, 11) is 0. The van der Waals surface area contributed by atoms with E-state index in [1.165, 1.54) is 21.8 Å². The van der Waals surface area contributed by atoms with Crippen molar-refractivity contribution in [2.45, 2.75) is 38.6 Å². The number of rotatable bonds is 14. The Morgan fingerprint density at radius 3 is 2.25 bits per heavy atom. The molecule has 1 N–H and O–H groups in total. The quantitative estimate of drug-likeness (QED) is 0.124. The van der Waals surface area contributed by atoms with Gasteiger partial charge in [0.25, 0.3) is 5.56 Å². The molecule has 1 fully saturated rings. The lowest BCUT2D eigenvalue weighted by molar-refractivity contribution is 0.252. The zero-order valence-corrected chi connectivity index (χ0v) is 28.1. The third-order valence-corrected chi connectivity index (χ3v) is 10.2. The Morgan fingerprint density at radius 1 is 0.688 bits per heavy atom. The van der Waals surface area contributed by atoms with Gasteiger partial charge < -0.3 is 23.9 Å². The number of nitrogens with one attached hydrogen (secondary N) is 1. The molecule has 0 amide bonds. The van der Waals surface area contributed by atoms with Gasteiger partial charge in [-0.1, -0.05) is 12.5 Å². The van der Waals surface area contributed by atoms with E-state index >= 15 is 0 Å². The Labute approximate surface area is 284 Å². The van der Waals surface area contributed by atoms with Crippen molar-refractivity contribution in [2.24, 2.45) is 0 Å². The lowest BCUT2D eigenvalue weighted by atomic mass is 10.1. The van der Waals surface area contributed by atoms with Crippen molar-refractivity contribution in [3.8, 4) is 11.5 Å². The Hall–Kier alpha value is -4.60. The van der Waals surface area contributed by atoms with Crippen LogP contribution >= 0.6 is 11.3 Å². The number of anilines is 1. The highest BCUT2D eigenvalue weighted by Gasteiger charge is 2.18. The van der Waals surface area contributed by atoms with Crippen molar-refractivity contribution in [1.29, 1.82) is 0 Å². The van der Waals surface area contributed by atoms with Crippen molar-refractivity contribution in [2.75, 3.05) is 50.8 Å². The number of ether oxygens (including phenoxy) is 2. The molecule has 0 aliphatic carbocycles. The summed E-state index contributed by atoms with van der Waals surface area (Å²) in [6.45, 7) is 7.24. The molecule has 9 heteroatoms. The number of hydrogen-bond donors (Lipinski definition) is 1. The number of H-pyrrole nitrogens is 1. The van der Waals surface area contributed by atoms with Crippen molar-refractivity contribution < 1.29 is 9.47 Å². The molecular formula is C39H42N4O4S. The fourth-order valence-electron chi connectivity index (χ4n) is 6.64. The number of piperazine rings is 1. The monoisotopic (exact) mass is 662 g/mol. The van der Waals surface area contributed by atoms with Crippen LogP contribution in [0.15, 0.2) is 99.9 Å². The largest absolute Gasteiger partial charge is 0.494 e. The number of benzene rings is 3. The average molecular weight is 663 g/mol. The maximum atomic E-state index is 12.9. The first-order valence-electron chi connectivity index (χ1n) is 17.1. The summed E-state index contributed by atoms with van der Waals surface area (Å²) in [5.41, 5.74) is 2.97. The molecule has 1 saturated heterocycles. The van der Waals surface area contributed by atoms with Gasteiger partial charge in [-0.25, -0.2) is 0 Å². The molecule has 0 radical (unpaired) electrons. The van der Waals surface area contributed by atoms with Crippen molar-refractivity contribution in [1.82, 2.24) is 14.5 Å². The van der Waals surface area contributed by atoms with Crippen LogP contribution < -0.4 is 25.5 Å². The fourth-order valence-corrected chi connectivity index (χ4v) is 7.45. The van der Waals surface area contributed by atoms with Gasteiger partial charge in [-0.3, -0.25) is 14.5 Å². The first-order chi connectivity index (χ1) is 23.6. The van der Waals surface area contributed by atoms with E-state index in [-0.39, 0.29) is 11.1 Å². The number of aryl methyl sites for hydroxylation is 1. The normalized spacial score (nSPS) is 13.9. The van der Waals surface area contributed by atoms with E-state index < -0.39 is 0 Å². The van der Waals surface area contributed by atoms with Gasteiger partial charge >= 0.3 is 0 Å². The van der Waals surface area contributed by atoms with Gasteiger partial charge in [0.1, 0.15) is 11.5 Å². The molecule has 4 heterocycles. The fraction of sp³-hybridized carbons (Fsp3) is 0.333. The van der Waals surface area contributed by atoms with Crippen molar-refractivity contribution in [3.05, 3.63) is 111 Å². The van der Waals surface area contributed by atoms with Crippen LogP contribution in [0.1, 0.15) is 32.1 Å². The maximum Gasteiger partial charge on any atom is 0.251 e. The number of aromatic amines is 1. The molecule has 7 rings (SSSR count). The van der Waals surface area contributed by atoms with E-state index in [1.54, 1.807) is 12.1 Å². The van der Waals surface area contributed by atoms with E-state index in [0.717, 1.165) is 98.1 Å². The van der Waals surface area contributed by atoms with E-state index in [2.05, 4.69) is 44.4 Å². The third kappa shape index (κ3) is 7.58. The lowest BCUT2D eigenvalue weighted by Gasteiger charge is -2.36. The molecule has 3 aromatic carbocycles. The molecule has 1 aliphatic rings. The molecular weight excluding hydrogens is 621 g/mol. The zero-order valence-electron chi connectivity index (χ0n) is 27.2. The topological polar surface area (TPSA) is 79.8 Å². The van der Waals surface area contributed by atoms with E-state index in [9.17, 15) is 9.59 Å². The molecule has 0 unspecified atom stereocenters. The van der Waals surface area contributed by atoms with Gasteiger partial charge in [0.05, 0.1) is 24.2 Å². The number of unbranched alkanes of at least 4 members (excludes halogenated alkanes) is 3. The third-order valence-electron chi connectivity index (χ3n) is 9.28. The highest BCUT2D eigenvalue weighted by molar-refractivity contribution is 7.17. The summed E-state index contributed by atoms with van der Waals surface area (Å²) < 4.78 is 15.2. The van der Waals surface area contributed by atoms with Gasteiger partial charge in [0.2, 0.25) is 5.56 Å². The van der Waals surface area contributed by atoms with E-state index in [0.29, 0.717) is 19.8 Å². The summed E-state index contributed by atoms with van der Waals surface area (Å²) >= 11 is 1.81. The average Bonchev–Trinajstić information content (AvgIpc) is 3.60. The summed E-state index contributed by atoms with van der Waals surface area (Å²) in [6.07, 6.45) is 4.87. The number of pyridine rings is 2. The molecule has 1 aliphatic heterocycles. The standard InChI is InChI=1S/C39H42N4O4S/c44-38-15-11-29-9-13-31(27-34(29)40-38)46-24-4-5-25-47-32-14-10-30-12-16-39(45)43(36(30)28-32)19-3-1-2-18-41-20-22-42(23-21-41)35-7-6-8-37-33(35)17-26-48-37/h6-17,26-28H,1-5,18-25H2,(H,40,44). The Morgan fingerprint density at radius 2 is 1.42 bits per heavy atom. The molecule has 0 saturated carbocycles. The van der Waals surface area contributed by atoms with Crippen LogP contribution in [0.5, 0.6) is 11.5 Å². The van der Waals surface area contributed by atoms with Crippen molar-refractivity contribution >= 4 is 48.9 Å². The molecule has 0 spiro atoms. The summed E-state index contributed by atoms with van der Waals surface area (Å²) in [6, 6.07) is 27.5. The van der Waals surface area contributed by atoms with E-state index in [1.807, 2.05) is 58.4 Å². The number of thiophene rings is 1. The van der Waals surface area contributed by atoms with Gasteiger partial charge in [0.15, 0.2) is 0 Å². The zero-order chi connectivity index (χ0) is 32.7. The highest BCUT2D eigenvalue weighted by atomic mass is 32.1. The molecule has 0 atom stereocenters. The highest BCUT2D eigenvalue weighted by Crippen LogP contribution is 2.31. The predicted octanol–water partition coefficient (Wildman–Crippen LogP) is 7.29. The van der Waals surface area contributed by atoms with Crippen LogP contribution in [0.4, 0.5) is 5.69 Å². The minimum Gasteiger partial charge on any atom is -0.494 e. The number of fused-ring (bicyclic) bond motifs is 3. The molecule has 248 valence electrons. The van der Waals surface area contributed by atoms with Gasteiger partial charge in [-0.15, -0.1) is 11.3 Å². The summed E-state index contributed by atoms with van der Waals surface area (Å²) in [5, 5.41) is 5.58. The van der Waals surface area contributed by atoms with Crippen LogP contribution in [0.2, 0.25) is 0 Å². The van der Waals surface area contributed by atoms with Crippen molar-refractivity contribution in [3.63, 3.8) is 0 Å². The van der Waals surface area contributed by atoms with Crippen LogP contribution in [-0.2, 0) is 6.54 Å². The number of aromatic nitrogens is 2. The first kappa shape index (κ1) is 32.0. The molecule has 48 heavy (non-hydrogen) atoms. The maximum absolute atomic E-state index is 12.9. The molecule has 8 nitrogen and oxygen atoms in total. The SMILES string of the molecule is O=c1ccc2ccc(OCCCCOc3ccc4ccc(=O)n(CCCCCN5CCN(c6cccc7sccc67)CC5)c4c3)cc2[nH]1. The van der Waals surface area contributed by atoms with Crippen LogP contribution in [0.3, 0.4) is 0 Å². The Kier molecular flexibility index (Phi) is 10.1. The molecule has 3 aromatic heterocycles. The molecule has 0 bridgehead atoms. The minimum absolute atomic E-state index is 0.0336. The lowest BCUT2D eigenvalue weighted by Crippen LogP contribution is -2.46. The van der Waals surface area contributed by atoms with Crippen LogP contribution in [0, 0.1) is 0 Å². The minimum atomic E-state index is -0.123. The Bertz CT molecular complexity index is 2110. The first-order valence-corrected chi connectivity index (χ1v) is 17.9. The van der Waals surface area contributed by atoms with E-state index in [4.69, 9.17) is 9.47 Å². The smallest absolute Gasteiger partial charge is 0.251 e. The summed E-state index contributed by atoms with van der Waals surface area (Å²) in [5.74, 6) is 1.51. The number of nitrogens with zero attached hydrogens (tertiary/aromatic N) is 3. The van der Waals surface area contributed by atoms with Gasteiger partial charge in [0, 0.05) is 72.8 Å². The van der Waals surface area contributed by atoms with Crippen LogP contribution in [0.25, 0.3) is 31.9 Å². The van der Waals surface area contributed by atoms with Gasteiger partial charge in [-0.05, 0) is 103 Å². The molecule has 6 aromatic rings. The summed E-state index contributed by atoms with van der Waals surface area (Å²) in [4.78, 5) is 32.4. The number of hydrogen-bond acceptors (Lipinski definition) is 7. The van der Waals surface area contributed by atoms with Gasteiger partial charge in [-0.2, -0.15) is 0 Å². The second-order valence-electron chi connectivity index (χ2n) is 12.5. The second kappa shape index (κ2) is 15.1. The second-order valence-corrected chi connectivity index (χ2v) is 13.5. The predicted molar refractivity (Wildman–Crippen MR) is 197 cm³/mol. The van der Waals surface area contributed by atoms with Crippen LogP contribution in [-0.4, -0.2) is 60.4 Å².